The number of rotatable bonds is 14. The number of hydrazine groups is 1. The molecule has 0 spiro atoms. The van der Waals surface area contributed by atoms with Crippen LogP contribution in [0.4, 0.5) is 28.4 Å². The Morgan fingerprint density at radius 1 is 0.569 bits per heavy atom. The van der Waals surface area contributed by atoms with Crippen LogP contribution >= 0.6 is 0 Å². The minimum atomic E-state index is -1.27. The van der Waals surface area contributed by atoms with Crippen LogP contribution in [-0.4, -0.2) is 99.6 Å². The molecule has 0 heterocycles. The molecule has 5 rings (SSSR count). The van der Waals surface area contributed by atoms with Crippen LogP contribution in [0.25, 0.3) is 0 Å². The molecule has 72 heavy (non-hydrogen) atoms. The number of carbonyl (C=O) groups is 6. The quantitative estimate of drug-likeness (QED) is 0.0569. The predicted molar refractivity (Wildman–Crippen MR) is 300 cm³/mol. The van der Waals surface area contributed by atoms with E-state index in [1.807, 2.05) is 136 Å². The minimum Gasteiger partial charge on any atom is -0.313 e. The highest BCUT2D eigenvalue weighted by molar-refractivity contribution is 6.67. The summed E-state index contributed by atoms with van der Waals surface area (Å²) in [5.41, 5.74) is 10.3. The van der Waals surface area contributed by atoms with Gasteiger partial charge in [-0.2, -0.15) is 10.5 Å². The van der Waals surface area contributed by atoms with Crippen LogP contribution in [0, 0.1) is 20.8 Å². The van der Waals surface area contributed by atoms with Gasteiger partial charge in [0.25, 0.3) is 23.6 Å². The van der Waals surface area contributed by atoms with Crippen LogP contribution in [0.5, 0.6) is 0 Å². The number of Topliss-reactive ketones (excluding diaryl/α,β-unsaturated/α-hetero) is 2. The molecule has 0 aliphatic heterocycles. The van der Waals surface area contributed by atoms with Gasteiger partial charge < -0.3 is 19.6 Å². The predicted octanol–water partition coefficient (Wildman–Crippen LogP) is 10.5. The lowest BCUT2D eigenvalue weighted by atomic mass is 9.96. The summed E-state index contributed by atoms with van der Waals surface area (Å²) < 4.78 is 1.63. The monoisotopic (exact) mass is 986 g/mol. The van der Waals surface area contributed by atoms with Crippen molar-refractivity contribution in [2.45, 2.75) is 109 Å². The highest BCUT2D eigenvalue weighted by Crippen LogP contribution is 2.30. The molecule has 1 unspecified atom stereocenters. The van der Waals surface area contributed by atoms with Crippen LogP contribution in [0.3, 0.4) is 0 Å². The summed E-state index contributed by atoms with van der Waals surface area (Å²) >= 11 is 0. The van der Waals surface area contributed by atoms with E-state index in [0.29, 0.717) is 39.3 Å². The van der Waals surface area contributed by atoms with Gasteiger partial charge in [0.15, 0.2) is 24.3 Å². The van der Waals surface area contributed by atoms with E-state index in [2.05, 4.69) is 10.5 Å². The number of likely N-dealkylation sites (N-methyl/N-ethyl adjacent to an activating group) is 2. The third-order valence-electron chi connectivity index (χ3n) is 11.4. The van der Waals surface area contributed by atoms with Crippen LogP contribution in [0.1, 0.15) is 110 Å². The molecule has 1 N–H and O–H groups in total. The number of anilines is 5. The Morgan fingerprint density at radius 3 is 1.51 bits per heavy atom. The molecule has 4 aromatic carbocycles. The zero-order valence-corrected chi connectivity index (χ0v) is 46.7. The summed E-state index contributed by atoms with van der Waals surface area (Å²) in [6, 6.07) is 26.0. The van der Waals surface area contributed by atoms with Gasteiger partial charge >= 0.3 is 0 Å². The third-order valence-corrected chi connectivity index (χ3v) is 11.4. The Balaban J connectivity index is 0.00000308. The van der Waals surface area contributed by atoms with Crippen LogP contribution in [0.15, 0.2) is 119 Å². The number of aryl methyl sites for hydroxylation is 3. The average molecular weight is 986 g/mol. The van der Waals surface area contributed by atoms with Crippen molar-refractivity contribution in [3.05, 3.63) is 137 Å². The lowest BCUT2D eigenvalue weighted by Gasteiger charge is -2.27. The Morgan fingerprint density at radius 2 is 1.04 bits per heavy atom. The van der Waals surface area contributed by atoms with Gasteiger partial charge in [0.2, 0.25) is 11.8 Å². The molecule has 388 valence electrons. The van der Waals surface area contributed by atoms with E-state index in [-0.39, 0.29) is 23.9 Å². The maximum atomic E-state index is 14.1. The first-order chi connectivity index (χ1) is 34.2. The molecule has 0 fully saturated rings. The number of para-hydroxylation sites is 2. The van der Waals surface area contributed by atoms with Gasteiger partial charge in [0.05, 0.1) is 12.1 Å². The molecule has 4 aromatic rings. The first kappa shape index (κ1) is 62.5. The van der Waals surface area contributed by atoms with Crippen LogP contribution < -0.4 is 30.0 Å². The van der Waals surface area contributed by atoms with Crippen molar-refractivity contribution in [2.75, 3.05) is 66.9 Å². The average Bonchev–Trinajstić information content (AvgIpc) is 3.41. The molecule has 4 amide bonds. The Hall–Kier alpha value is -7.48. The highest BCUT2D eigenvalue weighted by Gasteiger charge is 2.34. The number of amides is 4. The second-order valence-corrected chi connectivity index (χ2v) is 16.0. The van der Waals surface area contributed by atoms with Gasteiger partial charge in [-0.25, -0.2) is 0 Å². The molecule has 0 saturated heterocycles. The van der Waals surface area contributed by atoms with Crippen LogP contribution in [0.2, 0.25) is 0 Å². The van der Waals surface area contributed by atoms with E-state index in [0.717, 1.165) is 28.2 Å². The molecule has 0 bridgehead atoms. The van der Waals surface area contributed by atoms with Gasteiger partial charge in [-0.3, -0.25) is 33.8 Å². The maximum Gasteiger partial charge on any atom is 0.282 e. The van der Waals surface area contributed by atoms with Crippen molar-refractivity contribution in [3.8, 4) is 0 Å². The summed E-state index contributed by atoms with van der Waals surface area (Å²) in [5.74, 6) is -2.56. The summed E-state index contributed by atoms with van der Waals surface area (Å²) in [6.45, 7) is 25.9. The van der Waals surface area contributed by atoms with E-state index in [1.54, 1.807) is 107 Å². The van der Waals surface area contributed by atoms with Gasteiger partial charge in [-0.1, -0.05) is 110 Å². The molecule has 0 radical (unpaired) electrons. The second kappa shape index (κ2) is 30.3. The minimum absolute atomic E-state index is 0.170. The molecule has 14 nitrogen and oxygen atoms in total. The van der Waals surface area contributed by atoms with Gasteiger partial charge in [0.1, 0.15) is 0 Å². The summed E-state index contributed by atoms with van der Waals surface area (Å²) in [7, 11) is 9.85. The highest BCUT2D eigenvalue weighted by atomic mass is 16.2. The summed E-state index contributed by atoms with van der Waals surface area (Å²) in [6.07, 6.45) is 3.91. The largest absolute Gasteiger partial charge is 0.313 e. The van der Waals surface area contributed by atoms with Gasteiger partial charge in [-0.15, -0.1) is 4.68 Å². The molecule has 1 atom stereocenters. The van der Waals surface area contributed by atoms with E-state index in [1.165, 1.54) is 28.7 Å². The topological polar surface area (TPSA) is 146 Å². The van der Waals surface area contributed by atoms with E-state index in [4.69, 9.17) is 0 Å². The first-order valence-corrected chi connectivity index (χ1v) is 24.7. The van der Waals surface area contributed by atoms with Crippen LogP contribution in [-0.2, 0) is 24.0 Å². The number of carbonyl (C=O) groups excluding carboxylic acids is 6. The number of nitrogens with one attached hydrogen (secondary N) is 1. The molecule has 1 aliphatic rings. The lowest BCUT2D eigenvalue weighted by molar-refractivity contribution is -0.562. The number of nitrogens with zero attached hydrogens (tertiary/aromatic N) is 7. The van der Waals surface area contributed by atoms with Crippen molar-refractivity contribution in [3.63, 3.8) is 0 Å². The number of hydrogen-bond donors (Lipinski definition) is 1. The summed E-state index contributed by atoms with van der Waals surface area (Å²) in [5, 5.41) is 5.89. The van der Waals surface area contributed by atoms with Gasteiger partial charge in [-0.05, 0) is 99.8 Å². The number of ketones is 2. The van der Waals surface area contributed by atoms with Crippen molar-refractivity contribution >= 4 is 75.1 Å². The fourth-order valence-electron chi connectivity index (χ4n) is 7.42. The fraction of sp³-hybridized carbons (Fsp3) is 0.379. The third kappa shape index (κ3) is 15.8. The number of hydrogen-bond acceptors (Lipinski definition) is 9. The SMILES string of the molecule is CC.CC.CC.CC.CC(=O)/C(=N\N(C)c1cc(C(=O)N(C)c2ccccc2)ccc1C)C(=O)N(C)c1cc(C)c(N(C)C(=O)C(N/[N+](C)=C2/CC(C(=O)N(C)c3ccccc3)=CC=C2C)C(C)=O)cc1C. The second-order valence-electron chi connectivity index (χ2n) is 16.0. The normalized spacial score (nSPS) is 12.5. The number of benzene rings is 4. The Bertz CT molecular complexity index is 2640. The van der Waals surface area contributed by atoms with E-state index >= 15 is 0 Å². The van der Waals surface area contributed by atoms with Crippen molar-refractivity contribution in [1.29, 1.82) is 0 Å². The zero-order valence-electron chi connectivity index (χ0n) is 46.7. The number of hydrazone groups is 2. The van der Waals surface area contributed by atoms with Crippen molar-refractivity contribution < 1.29 is 33.5 Å². The molecular formula is C58H81N8O6+. The van der Waals surface area contributed by atoms with Crippen molar-refractivity contribution in [2.24, 2.45) is 5.10 Å². The molecule has 0 aromatic heterocycles. The Kier molecular flexibility index (Phi) is 26.3. The lowest BCUT2D eigenvalue weighted by Crippen LogP contribution is -2.53. The zero-order chi connectivity index (χ0) is 55.2. The Labute approximate surface area is 430 Å². The van der Waals surface area contributed by atoms with Gasteiger partial charge in [0, 0.05) is 81.6 Å². The maximum absolute atomic E-state index is 14.1. The first-order valence-electron chi connectivity index (χ1n) is 24.7. The smallest absolute Gasteiger partial charge is 0.282 e. The fourth-order valence-corrected chi connectivity index (χ4v) is 7.42. The summed E-state index contributed by atoms with van der Waals surface area (Å²) in [4.78, 5) is 87.1. The van der Waals surface area contributed by atoms with E-state index in [9.17, 15) is 28.8 Å². The molecule has 1 aliphatic carbocycles. The molecular weight excluding hydrogens is 905 g/mol. The standard InChI is InChI=1S/C50H56N8O6.4C2H6/c1-31-23-25-37(47(61)53(7)39-19-15-13-16-20-39)29-43(31)57(11)51-45(35(5)59)49(63)55(9)41-27-34(4)42(28-33(41)3)56(10)50(64)46(36(6)60)52-58(12)44-30-38(26-24-32(44)2)48(62)54(8)40-21-17-14-18-22-40;4*1-2/h13-29,46H,30H2,1-12H3;4*1-2H3/p+1/b51-45+;;;;. The number of allylic oxidation sites excluding steroid dienone is 3. The molecule has 14 heteroatoms. The van der Waals surface area contributed by atoms with E-state index < -0.39 is 29.4 Å². The van der Waals surface area contributed by atoms with Crippen molar-refractivity contribution in [1.82, 2.24) is 5.43 Å². The molecule has 0 saturated carbocycles.